The zero-order valence-corrected chi connectivity index (χ0v) is 14.1. The molecular weight excluding hydrogens is 312 g/mol. The van der Waals surface area contributed by atoms with Gasteiger partial charge in [0.1, 0.15) is 0 Å². The molecule has 1 aromatic heterocycles. The van der Waals surface area contributed by atoms with Gasteiger partial charge in [0.2, 0.25) is 6.79 Å². The summed E-state index contributed by atoms with van der Waals surface area (Å²) in [5.74, 6) is 1.66. The molecule has 0 saturated carbocycles. The molecule has 0 aliphatic carbocycles. The molecule has 4 nitrogen and oxygen atoms in total. The molecule has 2 N–H and O–H groups in total. The Balaban J connectivity index is 1.51. The van der Waals surface area contributed by atoms with E-state index in [9.17, 15) is 0 Å². The molecular formula is C21H20N2O2. The topological polar surface area (TPSA) is 46.3 Å². The summed E-state index contributed by atoms with van der Waals surface area (Å²) >= 11 is 0. The summed E-state index contributed by atoms with van der Waals surface area (Å²) in [6.45, 7) is 3.40. The van der Waals surface area contributed by atoms with E-state index in [1.165, 1.54) is 27.7 Å². The lowest BCUT2D eigenvalue weighted by molar-refractivity contribution is 0.174. The highest BCUT2D eigenvalue weighted by Crippen LogP contribution is 2.36. The molecule has 126 valence electrons. The van der Waals surface area contributed by atoms with Crippen LogP contribution in [-0.2, 0) is 6.42 Å². The van der Waals surface area contributed by atoms with Crippen LogP contribution in [0.25, 0.3) is 17.0 Å². The Kier molecular flexibility index (Phi) is 3.31. The molecule has 2 aliphatic heterocycles. The molecule has 3 aromatic rings. The quantitative estimate of drug-likeness (QED) is 0.742. The van der Waals surface area contributed by atoms with Crippen molar-refractivity contribution in [1.82, 2.24) is 10.3 Å². The van der Waals surface area contributed by atoms with Crippen LogP contribution in [0.4, 0.5) is 0 Å². The standard InChI is InChI=1S/C21H20N2O2/c1-13-10-19-20(25-12-24-19)11-14(13)6-7-18-21-16(8-9-22-18)15-4-2-3-5-17(15)23-21/h2-7,10-11,18,22-23H,8-9,12H2,1H3/b7-6+. The molecule has 0 radical (unpaired) electrons. The SMILES string of the molecule is Cc1cc2c(cc1/C=C/C1NCCc3c1[nH]c1ccccc31)OCO2. The smallest absolute Gasteiger partial charge is 0.231 e. The number of H-pyrrole nitrogens is 1. The maximum Gasteiger partial charge on any atom is 0.231 e. The highest BCUT2D eigenvalue weighted by Gasteiger charge is 2.22. The lowest BCUT2D eigenvalue weighted by Gasteiger charge is -2.21. The number of para-hydroxylation sites is 1. The highest BCUT2D eigenvalue weighted by atomic mass is 16.7. The van der Waals surface area contributed by atoms with Gasteiger partial charge in [0, 0.05) is 23.1 Å². The maximum atomic E-state index is 5.50. The largest absolute Gasteiger partial charge is 0.454 e. The minimum Gasteiger partial charge on any atom is -0.454 e. The van der Waals surface area contributed by atoms with Crippen molar-refractivity contribution in [2.24, 2.45) is 0 Å². The lowest BCUT2D eigenvalue weighted by atomic mass is 9.98. The first-order valence-corrected chi connectivity index (χ1v) is 8.71. The number of fused-ring (bicyclic) bond motifs is 4. The van der Waals surface area contributed by atoms with Crippen molar-refractivity contribution in [2.75, 3.05) is 13.3 Å². The summed E-state index contributed by atoms with van der Waals surface area (Å²) in [6.07, 6.45) is 5.47. The van der Waals surface area contributed by atoms with Crippen LogP contribution in [-0.4, -0.2) is 18.3 Å². The van der Waals surface area contributed by atoms with Gasteiger partial charge in [0.05, 0.1) is 6.04 Å². The summed E-state index contributed by atoms with van der Waals surface area (Å²) in [5, 5.41) is 4.95. The number of benzene rings is 2. The number of aromatic nitrogens is 1. The molecule has 5 rings (SSSR count). The van der Waals surface area contributed by atoms with Crippen LogP contribution in [0.5, 0.6) is 11.5 Å². The Morgan fingerprint density at radius 2 is 1.96 bits per heavy atom. The van der Waals surface area contributed by atoms with Crippen molar-refractivity contribution >= 4 is 17.0 Å². The molecule has 25 heavy (non-hydrogen) atoms. The van der Waals surface area contributed by atoms with Crippen LogP contribution in [0, 0.1) is 6.92 Å². The van der Waals surface area contributed by atoms with Gasteiger partial charge in [-0.25, -0.2) is 0 Å². The number of rotatable bonds is 2. The van der Waals surface area contributed by atoms with Crippen LogP contribution in [0.3, 0.4) is 0 Å². The van der Waals surface area contributed by atoms with Gasteiger partial charge < -0.3 is 19.8 Å². The van der Waals surface area contributed by atoms with E-state index in [1.807, 2.05) is 6.07 Å². The van der Waals surface area contributed by atoms with E-state index in [0.29, 0.717) is 6.79 Å². The van der Waals surface area contributed by atoms with E-state index in [4.69, 9.17) is 9.47 Å². The highest BCUT2D eigenvalue weighted by molar-refractivity contribution is 5.85. The van der Waals surface area contributed by atoms with Crippen molar-refractivity contribution in [3.05, 3.63) is 64.9 Å². The van der Waals surface area contributed by atoms with Gasteiger partial charge in [0.15, 0.2) is 11.5 Å². The Hall–Kier alpha value is -2.72. The number of ether oxygens (including phenoxy) is 2. The average Bonchev–Trinajstić information content (AvgIpc) is 3.23. The van der Waals surface area contributed by atoms with Gasteiger partial charge in [-0.3, -0.25) is 0 Å². The minimum atomic E-state index is 0.195. The Morgan fingerprint density at radius 3 is 2.88 bits per heavy atom. The molecule has 0 spiro atoms. The zero-order valence-electron chi connectivity index (χ0n) is 14.1. The molecule has 1 atom stereocenters. The molecule has 0 fully saturated rings. The predicted molar refractivity (Wildman–Crippen MR) is 99.1 cm³/mol. The van der Waals surface area contributed by atoms with E-state index < -0.39 is 0 Å². The molecule has 2 aliphatic rings. The van der Waals surface area contributed by atoms with Gasteiger partial charge >= 0.3 is 0 Å². The van der Waals surface area contributed by atoms with Crippen molar-refractivity contribution in [3.8, 4) is 11.5 Å². The maximum absolute atomic E-state index is 5.50. The van der Waals surface area contributed by atoms with E-state index in [1.54, 1.807) is 0 Å². The van der Waals surface area contributed by atoms with Gasteiger partial charge in [0.25, 0.3) is 0 Å². The van der Waals surface area contributed by atoms with E-state index in [0.717, 1.165) is 30.0 Å². The van der Waals surface area contributed by atoms with Gasteiger partial charge in [-0.2, -0.15) is 0 Å². The predicted octanol–water partition coefficient (Wildman–Crippen LogP) is 4.11. The fourth-order valence-electron chi connectivity index (χ4n) is 3.81. The van der Waals surface area contributed by atoms with Crippen molar-refractivity contribution in [2.45, 2.75) is 19.4 Å². The number of aromatic amines is 1. The molecule has 0 bridgehead atoms. The van der Waals surface area contributed by atoms with Gasteiger partial charge in [-0.1, -0.05) is 30.4 Å². The third kappa shape index (κ3) is 2.41. The molecule has 0 saturated heterocycles. The minimum absolute atomic E-state index is 0.195. The van der Waals surface area contributed by atoms with Gasteiger partial charge in [-0.15, -0.1) is 0 Å². The van der Waals surface area contributed by atoms with Crippen molar-refractivity contribution < 1.29 is 9.47 Å². The molecule has 3 heterocycles. The monoisotopic (exact) mass is 332 g/mol. The van der Waals surface area contributed by atoms with E-state index in [-0.39, 0.29) is 6.04 Å². The van der Waals surface area contributed by atoms with Crippen LogP contribution in [0.1, 0.15) is 28.4 Å². The number of aryl methyl sites for hydroxylation is 1. The molecule has 1 unspecified atom stereocenters. The van der Waals surface area contributed by atoms with Gasteiger partial charge in [-0.05, 0) is 48.2 Å². The van der Waals surface area contributed by atoms with Crippen LogP contribution >= 0.6 is 0 Å². The second-order valence-electron chi connectivity index (χ2n) is 6.67. The Labute approximate surface area is 146 Å². The first kappa shape index (κ1) is 14.6. The first-order valence-electron chi connectivity index (χ1n) is 8.71. The van der Waals surface area contributed by atoms with Crippen LogP contribution in [0.2, 0.25) is 0 Å². The van der Waals surface area contributed by atoms with Crippen molar-refractivity contribution in [3.63, 3.8) is 0 Å². The zero-order chi connectivity index (χ0) is 16.8. The third-order valence-corrected chi connectivity index (χ3v) is 5.13. The summed E-state index contributed by atoms with van der Waals surface area (Å²) in [4.78, 5) is 3.60. The van der Waals surface area contributed by atoms with E-state index in [2.05, 4.69) is 59.7 Å². The molecule has 4 heteroatoms. The number of hydrogen-bond donors (Lipinski definition) is 2. The third-order valence-electron chi connectivity index (χ3n) is 5.13. The summed E-state index contributed by atoms with van der Waals surface area (Å²) in [7, 11) is 0. The van der Waals surface area contributed by atoms with Crippen LogP contribution < -0.4 is 14.8 Å². The molecule has 0 amide bonds. The summed E-state index contributed by atoms with van der Waals surface area (Å²) in [5.41, 5.74) is 6.28. The van der Waals surface area contributed by atoms with Crippen LogP contribution in [0.15, 0.2) is 42.5 Å². The number of hydrogen-bond acceptors (Lipinski definition) is 3. The summed E-state index contributed by atoms with van der Waals surface area (Å²) < 4.78 is 10.9. The lowest BCUT2D eigenvalue weighted by Crippen LogP contribution is -2.28. The summed E-state index contributed by atoms with van der Waals surface area (Å²) in [6, 6.07) is 12.8. The second-order valence-corrected chi connectivity index (χ2v) is 6.67. The first-order chi connectivity index (χ1) is 12.3. The fraction of sp³-hybridized carbons (Fsp3) is 0.238. The Bertz CT molecular complexity index is 987. The number of nitrogens with one attached hydrogen (secondary N) is 2. The van der Waals surface area contributed by atoms with Crippen molar-refractivity contribution in [1.29, 1.82) is 0 Å². The average molecular weight is 332 g/mol. The normalized spacial score (nSPS) is 18.8. The van der Waals surface area contributed by atoms with E-state index >= 15 is 0 Å². The fourth-order valence-corrected chi connectivity index (χ4v) is 3.81. The second kappa shape index (κ2) is 5.67. The molecule has 2 aromatic carbocycles. The Morgan fingerprint density at radius 1 is 1.12 bits per heavy atom.